The van der Waals surface area contributed by atoms with Gasteiger partial charge < -0.3 is 0 Å². The van der Waals surface area contributed by atoms with Gasteiger partial charge in [-0.2, -0.15) is 0 Å². The first-order chi connectivity index (χ1) is 4.24. The number of allylic oxidation sites excluding steroid dienone is 2. The van der Waals surface area contributed by atoms with Crippen LogP contribution >= 0.6 is 11.6 Å². The largest absolute Gasteiger partial charge is 0.103 e. The van der Waals surface area contributed by atoms with Crippen molar-refractivity contribution in [2.75, 3.05) is 0 Å². The van der Waals surface area contributed by atoms with Crippen LogP contribution in [-0.4, -0.2) is 0 Å². The maximum atomic E-state index is 4.76. The van der Waals surface area contributed by atoms with Crippen molar-refractivity contribution in [2.24, 2.45) is 0 Å². The van der Waals surface area contributed by atoms with E-state index in [1.54, 1.807) is 12.2 Å². The molecule has 0 amide bonds. The average Bonchev–Trinajstić information content (AvgIpc) is 1.70. The van der Waals surface area contributed by atoms with Gasteiger partial charge in [0.2, 0.25) is 0 Å². The Labute approximate surface area is 63.5 Å². The van der Waals surface area contributed by atoms with Gasteiger partial charge in [0, 0.05) is 0 Å². The standard InChI is InChI=1S/2C3H6.C2H3Cl/c2*1-3-2;1-2-3/h2*3H,1H2,2H3;2H,1H2. The van der Waals surface area contributed by atoms with E-state index in [4.69, 9.17) is 11.6 Å². The normalized spacial score (nSPS) is 4.33. The minimum atomic E-state index is 1.22. The molecule has 0 radical (unpaired) electrons. The lowest BCUT2D eigenvalue weighted by molar-refractivity contribution is 1.80. The fraction of sp³-hybridized carbons (Fsp3) is 0.250. The molecular weight excluding hydrogens is 132 g/mol. The molecule has 0 aliphatic heterocycles. The van der Waals surface area contributed by atoms with Crippen molar-refractivity contribution in [1.29, 1.82) is 0 Å². The van der Waals surface area contributed by atoms with E-state index in [-0.39, 0.29) is 0 Å². The van der Waals surface area contributed by atoms with Gasteiger partial charge in [0.25, 0.3) is 0 Å². The van der Waals surface area contributed by atoms with E-state index in [1.165, 1.54) is 5.54 Å². The van der Waals surface area contributed by atoms with E-state index in [0.717, 1.165) is 0 Å². The Morgan fingerprint density at radius 2 is 1.00 bits per heavy atom. The van der Waals surface area contributed by atoms with E-state index >= 15 is 0 Å². The third kappa shape index (κ3) is 950. The molecule has 0 aromatic heterocycles. The number of hydrogen-bond donors (Lipinski definition) is 0. The molecule has 0 rings (SSSR count). The molecule has 0 N–H and O–H groups in total. The van der Waals surface area contributed by atoms with E-state index in [0.29, 0.717) is 0 Å². The van der Waals surface area contributed by atoms with Crippen LogP contribution in [0.5, 0.6) is 0 Å². The lowest BCUT2D eigenvalue weighted by atomic mass is 10.8. The molecule has 0 unspecified atom stereocenters. The summed E-state index contributed by atoms with van der Waals surface area (Å²) in [4.78, 5) is 0. The van der Waals surface area contributed by atoms with Gasteiger partial charge in [-0.15, -0.1) is 13.2 Å². The van der Waals surface area contributed by atoms with Crippen molar-refractivity contribution in [3.8, 4) is 0 Å². The van der Waals surface area contributed by atoms with Crippen LogP contribution in [0, 0.1) is 0 Å². The molecule has 0 nitrogen and oxygen atoms in total. The van der Waals surface area contributed by atoms with Crippen LogP contribution < -0.4 is 0 Å². The number of rotatable bonds is 0. The summed E-state index contributed by atoms with van der Waals surface area (Å²) in [6.07, 6.45) is 3.50. The Kier molecular flexibility index (Phi) is 88.7. The summed E-state index contributed by atoms with van der Waals surface area (Å²) in [5.41, 5.74) is 1.22. The second-order valence-electron chi connectivity index (χ2n) is 0.971. The van der Waals surface area contributed by atoms with E-state index < -0.39 is 0 Å². The van der Waals surface area contributed by atoms with Crippen LogP contribution in [0.15, 0.2) is 37.4 Å². The molecule has 0 saturated carbocycles. The van der Waals surface area contributed by atoms with Crippen molar-refractivity contribution in [3.63, 3.8) is 0 Å². The molecule has 54 valence electrons. The zero-order chi connectivity index (χ0) is 8.12. The third-order valence-corrected chi connectivity index (χ3v) is 0. The molecule has 0 aromatic carbocycles. The Balaban J connectivity index is -0.0000000600. The first kappa shape index (κ1) is 15.8. The minimum Gasteiger partial charge on any atom is -0.103 e. The van der Waals surface area contributed by atoms with Crippen LogP contribution in [0.1, 0.15) is 13.8 Å². The summed E-state index contributed by atoms with van der Waals surface area (Å²) in [5, 5.41) is 0. The summed E-state index contributed by atoms with van der Waals surface area (Å²) in [6, 6.07) is 0. The summed E-state index contributed by atoms with van der Waals surface area (Å²) >= 11 is 4.76. The van der Waals surface area contributed by atoms with Crippen LogP contribution in [0.4, 0.5) is 0 Å². The highest BCUT2D eigenvalue weighted by Gasteiger charge is 1.18. The highest BCUT2D eigenvalue weighted by Crippen LogP contribution is 1.60. The smallest absolute Gasteiger partial charge is 0.00296 e. The Morgan fingerprint density at radius 1 is 1.00 bits per heavy atom. The third-order valence-electron chi connectivity index (χ3n) is 0. The molecule has 0 spiro atoms. The van der Waals surface area contributed by atoms with Crippen molar-refractivity contribution in [2.45, 2.75) is 13.8 Å². The van der Waals surface area contributed by atoms with Crippen molar-refractivity contribution in [3.05, 3.63) is 37.4 Å². The first-order valence-electron chi connectivity index (χ1n) is 2.60. The molecular formula is C8H15Cl. The minimum absolute atomic E-state index is 1.22. The van der Waals surface area contributed by atoms with Gasteiger partial charge in [0.1, 0.15) is 0 Å². The molecule has 0 heterocycles. The van der Waals surface area contributed by atoms with Gasteiger partial charge >= 0.3 is 0 Å². The van der Waals surface area contributed by atoms with Gasteiger partial charge in [0.15, 0.2) is 0 Å². The van der Waals surface area contributed by atoms with Gasteiger partial charge in [-0.1, -0.05) is 30.3 Å². The maximum absolute atomic E-state index is 4.76. The predicted octanol–water partition coefficient (Wildman–Crippen LogP) is 3.75. The average molecular weight is 147 g/mol. The molecule has 0 aliphatic carbocycles. The summed E-state index contributed by atoms with van der Waals surface area (Å²) in [5.74, 6) is 0. The van der Waals surface area contributed by atoms with Crippen LogP contribution in [-0.2, 0) is 0 Å². The summed E-state index contributed by atoms with van der Waals surface area (Å²) < 4.78 is 0. The second kappa shape index (κ2) is 50.5. The van der Waals surface area contributed by atoms with E-state index in [2.05, 4.69) is 19.7 Å². The fourth-order valence-electron chi connectivity index (χ4n) is 0. The highest BCUT2D eigenvalue weighted by molar-refractivity contribution is 6.25. The molecule has 0 fully saturated rings. The first-order valence-corrected chi connectivity index (χ1v) is 3.03. The lowest BCUT2D eigenvalue weighted by Gasteiger charge is -1.31. The molecule has 0 aliphatic rings. The number of halogens is 1. The van der Waals surface area contributed by atoms with Gasteiger partial charge in [-0.25, -0.2) is 0 Å². The molecule has 0 saturated heterocycles. The van der Waals surface area contributed by atoms with Crippen LogP contribution in [0.25, 0.3) is 0 Å². The summed E-state index contributed by atoms with van der Waals surface area (Å²) in [6.45, 7) is 13.6. The van der Waals surface area contributed by atoms with Crippen LogP contribution in [0.3, 0.4) is 0 Å². The topological polar surface area (TPSA) is 0 Å². The fourth-order valence-corrected chi connectivity index (χ4v) is 0. The maximum Gasteiger partial charge on any atom is -0.00296 e. The van der Waals surface area contributed by atoms with Gasteiger partial charge in [-0.3, -0.25) is 0 Å². The summed E-state index contributed by atoms with van der Waals surface area (Å²) in [7, 11) is 0. The van der Waals surface area contributed by atoms with Gasteiger partial charge in [0.05, 0.1) is 0 Å². The van der Waals surface area contributed by atoms with Crippen molar-refractivity contribution in [1.82, 2.24) is 0 Å². The lowest BCUT2D eigenvalue weighted by Crippen LogP contribution is -1.07. The zero-order valence-corrected chi connectivity index (χ0v) is 6.99. The molecule has 0 bridgehead atoms. The predicted molar refractivity (Wildman–Crippen MR) is 47.8 cm³/mol. The Bertz CT molecular complexity index is 41.3. The van der Waals surface area contributed by atoms with Crippen molar-refractivity contribution >= 4 is 11.6 Å². The quantitative estimate of drug-likeness (QED) is 0.457. The van der Waals surface area contributed by atoms with E-state index in [1.807, 2.05) is 13.8 Å². The van der Waals surface area contributed by atoms with E-state index in [9.17, 15) is 0 Å². The van der Waals surface area contributed by atoms with Crippen molar-refractivity contribution < 1.29 is 0 Å². The second-order valence-corrected chi connectivity index (χ2v) is 1.28. The molecule has 0 atom stereocenters. The monoisotopic (exact) mass is 146 g/mol. The van der Waals surface area contributed by atoms with Gasteiger partial charge in [-0.05, 0) is 19.4 Å². The molecule has 9 heavy (non-hydrogen) atoms. The zero-order valence-electron chi connectivity index (χ0n) is 6.23. The molecule has 1 heteroatoms. The Hall–Kier alpha value is -0.490. The SMILES string of the molecule is C=CC.C=CC.C=CCl. The molecule has 0 aromatic rings. The number of hydrogen-bond acceptors (Lipinski definition) is 0. The highest BCUT2D eigenvalue weighted by atomic mass is 35.5. The van der Waals surface area contributed by atoms with Crippen LogP contribution in [0.2, 0.25) is 0 Å². The Morgan fingerprint density at radius 3 is 1.00 bits per heavy atom.